The number of halogens is 1. The first kappa shape index (κ1) is 15.5. The minimum atomic E-state index is -0.845. The highest BCUT2D eigenvalue weighted by molar-refractivity contribution is 5.84. The Balaban J connectivity index is 2.12. The summed E-state index contributed by atoms with van der Waals surface area (Å²) in [6, 6.07) is 5.95. The molecule has 0 radical (unpaired) electrons. The fourth-order valence-electron chi connectivity index (χ4n) is 2.85. The molecule has 2 unspecified atom stereocenters. The van der Waals surface area contributed by atoms with Crippen molar-refractivity contribution in [3.63, 3.8) is 0 Å². The van der Waals surface area contributed by atoms with Gasteiger partial charge in [0.1, 0.15) is 5.82 Å². The van der Waals surface area contributed by atoms with Gasteiger partial charge < -0.3 is 10.0 Å². The highest BCUT2D eigenvalue weighted by atomic mass is 19.1. The van der Waals surface area contributed by atoms with Crippen LogP contribution in [0.1, 0.15) is 37.7 Å². The van der Waals surface area contributed by atoms with Gasteiger partial charge in [0.25, 0.3) is 0 Å². The van der Waals surface area contributed by atoms with Crippen LogP contribution in [-0.4, -0.2) is 35.0 Å². The van der Waals surface area contributed by atoms with Crippen molar-refractivity contribution < 1.29 is 19.1 Å². The van der Waals surface area contributed by atoms with Gasteiger partial charge in [0.15, 0.2) is 0 Å². The number of carboxylic acid groups (broad SMARTS) is 1. The van der Waals surface area contributed by atoms with E-state index in [2.05, 4.69) is 0 Å². The number of benzene rings is 1. The zero-order chi connectivity index (χ0) is 15.4. The quantitative estimate of drug-likeness (QED) is 0.928. The minimum absolute atomic E-state index is 0.0601. The second-order valence-electron chi connectivity index (χ2n) is 5.47. The summed E-state index contributed by atoms with van der Waals surface area (Å²) in [4.78, 5) is 25.4. The third-order valence-corrected chi connectivity index (χ3v) is 4.06. The maximum atomic E-state index is 13.0. The number of amides is 1. The topological polar surface area (TPSA) is 57.6 Å². The molecule has 0 aliphatic carbocycles. The molecule has 1 saturated heterocycles. The predicted molar refractivity (Wildman–Crippen MR) is 76.4 cm³/mol. The molecule has 0 aromatic heterocycles. The molecular weight excluding hydrogens is 273 g/mol. The Hall–Kier alpha value is -1.91. The SMILES string of the molecule is CCC(C(=O)N1CCCC(C(=O)O)C1)c1ccc(F)cc1. The Kier molecular flexibility index (Phi) is 4.94. The zero-order valence-electron chi connectivity index (χ0n) is 12.1. The molecule has 5 heteroatoms. The molecule has 1 heterocycles. The number of hydrogen-bond donors (Lipinski definition) is 1. The van der Waals surface area contributed by atoms with E-state index in [0.717, 1.165) is 5.56 Å². The van der Waals surface area contributed by atoms with Gasteiger partial charge in [-0.25, -0.2) is 4.39 Å². The number of hydrogen-bond acceptors (Lipinski definition) is 2. The van der Waals surface area contributed by atoms with Crippen LogP contribution in [0.25, 0.3) is 0 Å². The Bertz CT molecular complexity index is 515. The molecule has 0 spiro atoms. The van der Waals surface area contributed by atoms with E-state index in [1.165, 1.54) is 12.1 Å². The molecule has 0 saturated carbocycles. The average Bonchev–Trinajstić information content (AvgIpc) is 2.50. The van der Waals surface area contributed by atoms with Crippen LogP contribution in [0.3, 0.4) is 0 Å². The molecule has 1 aromatic rings. The molecule has 21 heavy (non-hydrogen) atoms. The number of nitrogens with zero attached hydrogens (tertiary/aromatic N) is 1. The standard InChI is InChI=1S/C16H20FNO3/c1-2-14(11-5-7-13(17)8-6-11)15(19)18-9-3-4-12(10-18)16(20)21/h5-8,12,14H,2-4,9-10H2,1H3,(H,20,21). The van der Waals surface area contributed by atoms with Crippen molar-refractivity contribution in [2.75, 3.05) is 13.1 Å². The number of carbonyl (C=O) groups is 2. The van der Waals surface area contributed by atoms with Crippen molar-refractivity contribution in [2.24, 2.45) is 5.92 Å². The van der Waals surface area contributed by atoms with Crippen molar-refractivity contribution >= 4 is 11.9 Å². The maximum absolute atomic E-state index is 13.0. The Morgan fingerprint density at radius 1 is 1.38 bits per heavy atom. The van der Waals surface area contributed by atoms with Crippen LogP contribution in [0.2, 0.25) is 0 Å². The van der Waals surface area contributed by atoms with E-state index in [-0.39, 0.29) is 24.2 Å². The van der Waals surface area contributed by atoms with Gasteiger partial charge in [-0.1, -0.05) is 19.1 Å². The van der Waals surface area contributed by atoms with E-state index >= 15 is 0 Å². The Morgan fingerprint density at radius 2 is 2.05 bits per heavy atom. The summed E-state index contributed by atoms with van der Waals surface area (Å²) < 4.78 is 13.0. The lowest BCUT2D eigenvalue weighted by Crippen LogP contribution is -2.44. The molecule has 1 aliphatic heterocycles. The van der Waals surface area contributed by atoms with E-state index < -0.39 is 11.9 Å². The summed E-state index contributed by atoms with van der Waals surface area (Å²) in [5.41, 5.74) is 0.779. The van der Waals surface area contributed by atoms with Crippen LogP contribution in [0.4, 0.5) is 4.39 Å². The van der Waals surface area contributed by atoms with Gasteiger partial charge in [0.2, 0.25) is 5.91 Å². The third-order valence-electron chi connectivity index (χ3n) is 4.06. The zero-order valence-corrected chi connectivity index (χ0v) is 12.1. The molecule has 1 fully saturated rings. The molecular formula is C16H20FNO3. The van der Waals surface area contributed by atoms with Crippen LogP contribution in [0.5, 0.6) is 0 Å². The second-order valence-corrected chi connectivity index (χ2v) is 5.47. The first-order chi connectivity index (χ1) is 10.0. The smallest absolute Gasteiger partial charge is 0.308 e. The number of aliphatic carboxylic acids is 1. The Labute approximate surface area is 123 Å². The van der Waals surface area contributed by atoms with Gasteiger partial charge in [0.05, 0.1) is 11.8 Å². The highest BCUT2D eigenvalue weighted by Gasteiger charge is 2.31. The highest BCUT2D eigenvalue weighted by Crippen LogP contribution is 2.26. The average molecular weight is 293 g/mol. The lowest BCUT2D eigenvalue weighted by molar-refractivity contribution is -0.146. The fourth-order valence-corrected chi connectivity index (χ4v) is 2.85. The second kappa shape index (κ2) is 6.70. The van der Waals surface area contributed by atoms with Gasteiger partial charge >= 0.3 is 5.97 Å². The van der Waals surface area contributed by atoms with Crippen LogP contribution in [0.15, 0.2) is 24.3 Å². The molecule has 2 atom stereocenters. The van der Waals surface area contributed by atoms with E-state index in [0.29, 0.717) is 25.8 Å². The lowest BCUT2D eigenvalue weighted by atomic mass is 9.92. The minimum Gasteiger partial charge on any atom is -0.481 e. The normalized spacial score (nSPS) is 20.1. The summed E-state index contributed by atoms with van der Waals surface area (Å²) in [6.07, 6.45) is 1.94. The first-order valence-electron chi connectivity index (χ1n) is 7.30. The maximum Gasteiger partial charge on any atom is 0.308 e. The van der Waals surface area contributed by atoms with E-state index in [1.807, 2.05) is 6.92 Å². The molecule has 4 nitrogen and oxygen atoms in total. The summed E-state index contributed by atoms with van der Waals surface area (Å²) in [5, 5.41) is 9.10. The number of carbonyl (C=O) groups excluding carboxylic acids is 1. The summed E-state index contributed by atoms with van der Waals surface area (Å²) in [6.45, 7) is 2.77. The molecule has 114 valence electrons. The fraction of sp³-hybridized carbons (Fsp3) is 0.500. The summed E-state index contributed by atoms with van der Waals surface area (Å²) >= 11 is 0. The number of likely N-dealkylation sites (tertiary alicyclic amines) is 1. The van der Waals surface area contributed by atoms with Gasteiger partial charge in [-0.3, -0.25) is 9.59 Å². The van der Waals surface area contributed by atoms with Crippen molar-refractivity contribution in [2.45, 2.75) is 32.1 Å². The number of carboxylic acids is 1. The molecule has 1 aromatic carbocycles. The van der Waals surface area contributed by atoms with Gasteiger partial charge in [0, 0.05) is 13.1 Å². The number of piperidine rings is 1. The molecule has 1 aliphatic rings. The van der Waals surface area contributed by atoms with Gasteiger partial charge in [-0.05, 0) is 37.0 Å². The van der Waals surface area contributed by atoms with Crippen molar-refractivity contribution in [3.8, 4) is 0 Å². The molecule has 1 amide bonds. The molecule has 2 rings (SSSR count). The van der Waals surface area contributed by atoms with Crippen molar-refractivity contribution in [3.05, 3.63) is 35.6 Å². The van der Waals surface area contributed by atoms with Gasteiger partial charge in [-0.15, -0.1) is 0 Å². The van der Waals surface area contributed by atoms with Crippen LogP contribution in [0, 0.1) is 11.7 Å². The van der Waals surface area contributed by atoms with E-state index in [1.54, 1.807) is 17.0 Å². The van der Waals surface area contributed by atoms with Gasteiger partial charge in [-0.2, -0.15) is 0 Å². The first-order valence-corrected chi connectivity index (χ1v) is 7.30. The van der Waals surface area contributed by atoms with Crippen molar-refractivity contribution in [1.82, 2.24) is 4.90 Å². The lowest BCUT2D eigenvalue weighted by Gasteiger charge is -2.33. The van der Waals surface area contributed by atoms with Crippen molar-refractivity contribution in [1.29, 1.82) is 0 Å². The predicted octanol–water partition coefficient (Wildman–Crippen LogP) is 2.64. The molecule has 0 bridgehead atoms. The summed E-state index contributed by atoms with van der Waals surface area (Å²) in [5.74, 6) is -2.05. The third kappa shape index (κ3) is 3.60. The van der Waals surface area contributed by atoms with Crippen LogP contribution >= 0.6 is 0 Å². The van der Waals surface area contributed by atoms with E-state index in [9.17, 15) is 14.0 Å². The largest absolute Gasteiger partial charge is 0.481 e. The molecule has 1 N–H and O–H groups in total. The summed E-state index contributed by atoms with van der Waals surface area (Å²) in [7, 11) is 0. The van der Waals surface area contributed by atoms with E-state index in [4.69, 9.17) is 5.11 Å². The monoisotopic (exact) mass is 293 g/mol. The number of rotatable bonds is 4. The Morgan fingerprint density at radius 3 is 2.62 bits per heavy atom. The van der Waals surface area contributed by atoms with Crippen LogP contribution < -0.4 is 0 Å². The van der Waals surface area contributed by atoms with Crippen LogP contribution in [-0.2, 0) is 9.59 Å².